The van der Waals surface area contributed by atoms with Crippen molar-refractivity contribution in [3.05, 3.63) is 24.0 Å². The molecule has 6 nitrogen and oxygen atoms in total. The van der Waals surface area contributed by atoms with Crippen molar-refractivity contribution in [3.8, 4) is 0 Å². The van der Waals surface area contributed by atoms with Crippen LogP contribution in [0.15, 0.2) is 18.3 Å². The topological polar surface area (TPSA) is 62.6 Å². The number of aryl methyl sites for hydroxylation is 1. The maximum absolute atomic E-state index is 12.4. The number of fused-ring (bicyclic) bond motifs is 1. The lowest BCUT2D eigenvalue weighted by Crippen LogP contribution is -2.41. The lowest BCUT2D eigenvalue weighted by Gasteiger charge is -2.32. The maximum Gasteiger partial charge on any atom is 0.496 e. The summed E-state index contributed by atoms with van der Waals surface area (Å²) in [6.07, 6.45) is 1.24. The number of carbonyl (C=O) groups excluding carboxylic acids is 1. The third kappa shape index (κ3) is 3.26. The number of hydrogen-bond acceptors (Lipinski definition) is 5. The minimum atomic E-state index is -0.564. The van der Waals surface area contributed by atoms with Gasteiger partial charge in [0.1, 0.15) is 11.2 Å². The quantitative estimate of drug-likeness (QED) is 0.731. The van der Waals surface area contributed by atoms with Crippen LogP contribution in [0, 0.1) is 6.92 Å². The molecule has 0 N–H and O–H groups in total. The Kier molecular flexibility index (Phi) is 4.24. The van der Waals surface area contributed by atoms with Gasteiger partial charge in [-0.2, -0.15) is 0 Å². The van der Waals surface area contributed by atoms with E-state index in [1.165, 1.54) is 4.57 Å². The predicted octanol–water partition coefficient (Wildman–Crippen LogP) is 3.43. The number of ether oxygens (including phenoxy) is 1. The molecule has 1 saturated heterocycles. The highest BCUT2D eigenvalue weighted by molar-refractivity contribution is 6.62. The average molecular weight is 358 g/mol. The van der Waals surface area contributed by atoms with Gasteiger partial charge in [0.05, 0.1) is 11.2 Å². The van der Waals surface area contributed by atoms with Crippen molar-refractivity contribution in [1.82, 2.24) is 9.55 Å². The smallest absolute Gasteiger partial charge is 0.443 e. The zero-order chi connectivity index (χ0) is 19.5. The number of nitrogens with zero attached hydrogens (tertiary/aromatic N) is 2. The van der Waals surface area contributed by atoms with E-state index in [1.54, 1.807) is 6.20 Å². The third-order valence-corrected chi connectivity index (χ3v) is 4.99. The van der Waals surface area contributed by atoms with Crippen molar-refractivity contribution in [3.63, 3.8) is 0 Å². The number of aromatic nitrogens is 2. The van der Waals surface area contributed by atoms with Gasteiger partial charge in [0.25, 0.3) is 0 Å². The van der Waals surface area contributed by atoms with Gasteiger partial charge in [-0.15, -0.1) is 0 Å². The summed E-state index contributed by atoms with van der Waals surface area (Å²) >= 11 is 0. The number of rotatable bonds is 1. The molecule has 0 saturated carbocycles. The Hall–Kier alpha value is -1.86. The van der Waals surface area contributed by atoms with E-state index in [2.05, 4.69) is 4.98 Å². The predicted molar refractivity (Wildman–Crippen MR) is 102 cm³/mol. The van der Waals surface area contributed by atoms with Gasteiger partial charge in [0, 0.05) is 22.7 Å². The van der Waals surface area contributed by atoms with Gasteiger partial charge in [-0.25, -0.2) is 14.3 Å². The zero-order valence-electron chi connectivity index (χ0n) is 16.8. The second kappa shape index (κ2) is 5.82. The monoisotopic (exact) mass is 358 g/mol. The maximum atomic E-state index is 12.4. The Labute approximate surface area is 155 Å². The summed E-state index contributed by atoms with van der Waals surface area (Å²) in [5.74, 6) is 0. The fourth-order valence-corrected chi connectivity index (χ4v) is 2.83. The molecule has 0 bridgehead atoms. The number of hydrogen-bond donors (Lipinski definition) is 0. The van der Waals surface area contributed by atoms with Crippen molar-refractivity contribution in [2.75, 3.05) is 0 Å². The molecule has 0 unspecified atom stereocenters. The minimum Gasteiger partial charge on any atom is -0.443 e. The van der Waals surface area contributed by atoms with Crippen LogP contribution in [-0.2, 0) is 14.0 Å². The highest BCUT2D eigenvalue weighted by Gasteiger charge is 2.52. The van der Waals surface area contributed by atoms with Crippen LogP contribution in [0.25, 0.3) is 11.0 Å². The van der Waals surface area contributed by atoms with E-state index in [1.807, 2.05) is 67.5 Å². The first-order chi connectivity index (χ1) is 11.8. The number of pyridine rings is 1. The summed E-state index contributed by atoms with van der Waals surface area (Å²) in [5, 5.41) is 0.839. The summed E-state index contributed by atoms with van der Waals surface area (Å²) < 4.78 is 19.2. The molecule has 0 amide bonds. The van der Waals surface area contributed by atoms with Crippen LogP contribution in [-0.4, -0.2) is 39.6 Å². The van der Waals surface area contributed by atoms with Crippen molar-refractivity contribution in [1.29, 1.82) is 0 Å². The zero-order valence-corrected chi connectivity index (χ0v) is 16.8. The van der Waals surface area contributed by atoms with E-state index in [9.17, 15) is 4.79 Å². The molecule has 1 aliphatic heterocycles. The van der Waals surface area contributed by atoms with E-state index in [4.69, 9.17) is 14.0 Å². The molecule has 1 aliphatic rings. The highest BCUT2D eigenvalue weighted by Crippen LogP contribution is 2.36. The van der Waals surface area contributed by atoms with Crippen LogP contribution < -0.4 is 5.46 Å². The Morgan fingerprint density at radius 1 is 1.19 bits per heavy atom. The van der Waals surface area contributed by atoms with E-state index in [0.29, 0.717) is 5.65 Å². The normalized spacial score (nSPS) is 19.2. The van der Waals surface area contributed by atoms with Gasteiger partial charge in [0.2, 0.25) is 0 Å². The van der Waals surface area contributed by atoms with Crippen LogP contribution in [0.1, 0.15) is 54.2 Å². The van der Waals surface area contributed by atoms with Crippen LogP contribution in [0.4, 0.5) is 4.79 Å². The van der Waals surface area contributed by atoms with Crippen LogP contribution in [0.2, 0.25) is 0 Å². The standard InChI is InChI=1S/C19H27BN2O4/c1-12-14(20-25-18(5,6)19(7,8)26-20)11-13-9-10-22(15(13)21-12)16(23)24-17(2,3)4/h9-11H,1-8H3. The molecule has 0 aromatic carbocycles. The summed E-state index contributed by atoms with van der Waals surface area (Å²) in [6.45, 7) is 15.5. The molecule has 1 fully saturated rings. The Bertz CT molecular complexity index is 848. The summed E-state index contributed by atoms with van der Waals surface area (Å²) in [4.78, 5) is 17.0. The molecule has 140 valence electrons. The first-order valence-electron chi connectivity index (χ1n) is 8.88. The van der Waals surface area contributed by atoms with Gasteiger partial charge in [0.15, 0.2) is 0 Å². The minimum absolute atomic E-state index is 0.415. The van der Waals surface area contributed by atoms with Gasteiger partial charge in [-0.3, -0.25) is 0 Å². The fraction of sp³-hybridized carbons (Fsp3) is 0.579. The van der Waals surface area contributed by atoms with E-state index >= 15 is 0 Å². The van der Waals surface area contributed by atoms with Gasteiger partial charge in [-0.05, 0) is 67.5 Å². The third-order valence-electron chi connectivity index (χ3n) is 4.99. The first kappa shape index (κ1) is 18.9. The van der Waals surface area contributed by atoms with Crippen molar-refractivity contribution in [2.45, 2.75) is 72.2 Å². The Morgan fingerprint density at radius 3 is 2.31 bits per heavy atom. The molecular formula is C19H27BN2O4. The SMILES string of the molecule is Cc1nc2c(ccn2C(=O)OC(C)(C)C)cc1B1OC(C)(C)C(C)(C)O1. The second-order valence-electron chi connectivity index (χ2n) is 8.83. The van der Waals surface area contributed by atoms with Gasteiger partial charge >= 0.3 is 13.2 Å². The van der Waals surface area contributed by atoms with Crippen LogP contribution >= 0.6 is 0 Å². The lowest BCUT2D eigenvalue weighted by atomic mass is 9.77. The molecule has 0 radical (unpaired) electrons. The molecular weight excluding hydrogens is 331 g/mol. The molecule has 3 heterocycles. The fourth-order valence-electron chi connectivity index (χ4n) is 2.83. The summed E-state index contributed by atoms with van der Waals surface area (Å²) in [5.41, 5.74) is 0.809. The summed E-state index contributed by atoms with van der Waals surface area (Å²) in [6, 6.07) is 3.82. The molecule has 7 heteroatoms. The Morgan fingerprint density at radius 2 is 1.77 bits per heavy atom. The van der Waals surface area contributed by atoms with E-state index in [0.717, 1.165) is 16.5 Å². The molecule has 26 heavy (non-hydrogen) atoms. The first-order valence-corrected chi connectivity index (χ1v) is 8.88. The second-order valence-corrected chi connectivity index (χ2v) is 8.83. The lowest BCUT2D eigenvalue weighted by molar-refractivity contribution is 0.00578. The molecule has 3 rings (SSSR count). The van der Waals surface area contributed by atoms with Crippen molar-refractivity contribution in [2.24, 2.45) is 0 Å². The number of carbonyl (C=O) groups is 1. The Balaban J connectivity index is 1.97. The van der Waals surface area contributed by atoms with Crippen molar-refractivity contribution < 1.29 is 18.8 Å². The molecule has 2 aromatic heterocycles. The largest absolute Gasteiger partial charge is 0.496 e. The van der Waals surface area contributed by atoms with Crippen LogP contribution in [0.5, 0.6) is 0 Å². The molecule has 0 aliphatic carbocycles. The van der Waals surface area contributed by atoms with Crippen LogP contribution in [0.3, 0.4) is 0 Å². The highest BCUT2D eigenvalue weighted by atomic mass is 16.7. The summed E-state index contributed by atoms with van der Waals surface area (Å²) in [7, 11) is -0.484. The van der Waals surface area contributed by atoms with Gasteiger partial charge in [-0.1, -0.05) is 0 Å². The molecule has 2 aromatic rings. The average Bonchev–Trinajstić information content (AvgIpc) is 2.94. The van der Waals surface area contributed by atoms with E-state index in [-0.39, 0.29) is 0 Å². The molecule has 0 atom stereocenters. The van der Waals surface area contributed by atoms with Crippen molar-refractivity contribution >= 4 is 29.7 Å². The molecule has 0 spiro atoms. The van der Waals surface area contributed by atoms with E-state index < -0.39 is 30.0 Å². The van der Waals surface area contributed by atoms with Gasteiger partial charge < -0.3 is 14.0 Å².